The van der Waals surface area contributed by atoms with Gasteiger partial charge >= 0.3 is 6.03 Å². The van der Waals surface area contributed by atoms with Gasteiger partial charge in [0.25, 0.3) is 0 Å². The van der Waals surface area contributed by atoms with Crippen LogP contribution in [-0.2, 0) is 4.74 Å². The summed E-state index contributed by atoms with van der Waals surface area (Å²) in [6.07, 6.45) is 5.92. The molecule has 3 N–H and O–H groups in total. The lowest BCUT2D eigenvalue weighted by atomic mass is 10.3. The highest BCUT2D eigenvalue weighted by Crippen LogP contribution is 2.19. The maximum atomic E-state index is 11.2. The zero-order valence-electron chi connectivity index (χ0n) is 12.2. The fourth-order valence-corrected chi connectivity index (χ4v) is 2.33. The quantitative estimate of drug-likeness (QED) is 0.715. The molecule has 2 fully saturated rings. The van der Waals surface area contributed by atoms with E-state index in [4.69, 9.17) is 10.5 Å². The average Bonchev–Trinajstić information content (AvgIpc) is 2.93. The molecule has 0 aromatic heterocycles. The Morgan fingerprint density at radius 1 is 1.26 bits per heavy atom. The zero-order chi connectivity index (χ0) is 14.1. The van der Waals surface area contributed by atoms with Crippen molar-refractivity contribution in [1.82, 2.24) is 15.1 Å². The van der Waals surface area contributed by atoms with E-state index in [0.717, 1.165) is 26.2 Å². The van der Waals surface area contributed by atoms with E-state index < -0.39 is 0 Å². The Bertz CT molecular complexity index is 249. The lowest BCUT2D eigenvalue weighted by Gasteiger charge is -2.32. The van der Waals surface area contributed by atoms with E-state index in [-0.39, 0.29) is 12.7 Å². The number of carbonyl (C=O) groups excluding carboxylic acids is 1. The fraction of sp³-hybridized carbons (Fsp3) is 0.923. The second-order valence-electron chi connectivity index (χ2n) is 5.12. The van der Waals surface area contributed by atoms with E-state index >= 15 is 0 Å². The van der Waals surface area contributed by atoms with Crippen LogP contribution in [0.25, 0.3) is 0 Å². The highest BCUT2D eigenvalue weighted by Gasteiger charge is 2.17. The third-order valence-electron chi connectivity index (χ3n) is 3.68. The first-order valence-electron chi connectivity index (χ1n) is 7.11. The molecule has 0 bridgehead atoms. The van der Waals surface area contributed by atoms with Crippen molar-refractivity contribution in [2.24, 2.45) is 5.73 Å². The third-order valence-corrected chi connectivity index (χ3v) is 3.68. The van der Waals surface area contributed by atoms with Crippen LogP contribution < -0.4 is 11.1 Å². The Labute approximate surface area is 116 Å². The minimum Gasteiger partial charge on any atom is -0.381 e. The highest BCUT2D eigenvalue weighted by molar-refractivity contribution is 5.74. The molecule has 112 valence electrons. The summed E-state index contributed by atoms with van der Waals surface area (Å²) in [7, 11) is 3.86. The van der Waals surface area contributed by atoms with Gasteiger partial charge in [0.2, 0.25) is 0 Å². The van der Waals surface area contributed by atoms with Crippen LogP contribution in [-0.4, -0.2) is 68.9 Å². The van der Waals surface area contributed by atoms with Gasteiger partial charge in [-0.3, -0.25) is 0 Å². The fourth-order valence-electron chi connectivity index (χ4n) is 2.33. The number of nitrogens with one attached hydrogen (secondary N) is 1. The summed E-state index contributed by atoms with van der Waals surface area (Å²) in [5.41, 5.74) is 5.19. The normalized spacial score (nSPS) is 20.9. The summed E-state index contributed by atoms with van der Waals surface area (Å²) < 4.78 is 5.11. The van der Waals surface area contributed by atoms with Crippen LogP contribution in [0, 0.1) is 0 Å². The molecule has 0 radical (unpaired) electrons. The van der Waals surface area contributed by atoms with Crippen LogP contribution in [0.5, 0.6) is 0 Å². The van der Waals surface area contributed by atoms with Crippen molar-refractivity contribution < 1.29 is 9.53 Å². The smallest absolute Gasteiger partial charge is 0.318 e. The molecule has 0 aromatic rings. The lowest BCUT2D eigenvalue weighted by Crippen LogP contribution is -2.51. The van der Waals surface area contributed by atoms with Crippen molar-refractivity contribution >= 4 is 6.03 Å². The summed E-state index contributed by atoms with van der Waals surface area (Å²) in [5, 5.41) is 2.58. The standard InChI is InChI=1S/C7H16N4O.C6H12O/c1-10-2-4-11(5-3-10)7(12)9-6-8;1-7-6-4-2-3-5-6/h2-6,8H2,1H3,(H,9,12);6H,2-5H2,1H3. The molecule has 0 spiro atoms. The molecule has 0 atom stereocenters. The highest BCUT2D eigenvalue weighted by atomic mass is 16.5. The predicted octanol–water partition coefficient (Wildman–Crippen LogP) is 0.435. The monoisotopic (exact) mass is 272 g/mol. The van der Waals surface area contributed by atoms with E-state index in [9.17, 15) is 4.79 Å². The number of carbonyl (C=O) groups is 1. The summed E-state index contributed by atoms with van der Waals surface area (Å²) in [5.74, 6) is 0. The van der Waals surface area contributed by atoms with Gasteiger partial charge in [0, 0.05) is 33.3 Å². The number of methoxy groups -OCH3 is 1. The first-order chi connectivity index (χ1) is 9.17. The van der Waals surface area contributed by atoms with Gasteiger partial charge in [-0.1, -0.05) is 12.8 Å². The number of nitrogens with two attached hydrogens (primary N) is 1. The molecule has 0 unspecified atom stereocenters. The van der Waals surface area contributed by atoms with Gasteiger partial charge in [-0.2, -0.15) is 0 Å². The molecule has 6 nitrogen and oxygen atoms in total. The Kier molecular flexibility index (Phi) is 7.78. The molecule has 2 aliphatic rings. The molecule has 2 rings (SSSR count). The van der Waals surface area contributed by atoms with Gasteiger partial charge < -0.3 is 25.6 Å². The summed E-state index contributed by atoms with van der Waals surface area (Å²) in [4.78, 5) is 15.2. The van der Waals surface area contributed by atoms with Crippen LogP contribution in [0.2, 0.25) is 0 Å². The number of rotatable bonds is 2. The van der Waals surface area contributed by atoms with Crippen LogP contribution >= 0.6 is 0 Å². The van der Waals surface area contributed by atoms with Gasteiger partial charge in [-0.25, -0.2) is 4.79 Å². The SMILES string of the molecule is CN1CCN(C(=O)NCN)CC1.COC1CCCC1. The molecular weight excluding hydrogens is 244 g/mol. The molecule has 1 saturated carbocycles. The molecule has 0 aromatic carbocycles. The molecule has 19 heavy (non-hydrogen) atoms. The first kappa shape index (κ1) is 16.2. The van der Waals surface area contributed by atoms with Crippen LogP contribution in [0.3, 0.4) is 0 Å². The topological polar surface area (TPSA) is 70.8 Å². The molecule has 6 heteroatoms. The number of amides is 2. The number of piperazine rings is 1. The predicted molar refractivity (Wildman–Crippen MR) is 75.9 cm³/mol. The number of hydrogen-bond acceptors (Lipinski definition) is 4. The summed E-state index contributed by atoms with van der Waals surface area (Å²) in [6.45, 7) is 3.69. The Morgan fingerprint density at radius 2 is 1.84 bits per heavy atom. The number of urea groups is 1. The van der Waals surface area contributed by atoms with Crippen LogP contribution in [0.15, 0.2) is 0 Å². The van der Waals surface area contributed by atoms with Crippen molar-refractivity contribution in [2.45, 2.75) is 31.8 Å². The van der Waals surface area contributed by atoms with E-state index in [1.165, 1.54) is 25.7 Å². The Hall–Kier alpha value is -0.850. The Balaban J connectivity index is 0.000000218. The van der Waals surface area contributed by atoms with Gasteiger partial charge in [0.1, 0.15) is 0 Å². The van der Waals surface area contributed by atoms with Gasteiger partial charge in [0.15, 0.2) is 0 Å². The van der Waals surface area contributed by atoms with Crippen molar-refractivity contribution in [3.05, 3.63) is 0 Å². The lowest BCUT2D eigenvalue weighted by molar-refractivity contribution is 0.109. The number of likely N-dealkylation sites (N-methyl/N-ethyl adjacent to an activating group) is 1. The second kappa shape index (κ2) is 9.12. The summed E-state index contributed by atoms with van der Waals surface area (Å²) in [6, 6.07) is -0.0504. The van der Waals surface area contributed by atoms with Gasteiger partial charge in [0.05, 0.1) is 12.8 Å². The summed E-state index contributed by atoms with van der Waals surface area (Å²) >= 11 is 0. The number of ether oxygens (including phenoxy) is 1. The van der Waals surface area contributed by atoms with Crippen molar-refractivity contribution in [3.8, 4) is 0 Å². The molecular formula is C13H28N4O2. The minimum absolute atomic E-state index is 0.0504. The average molecular weight is 272 g/mol. The third kappa shape index (κ3) is 6.22. The van der Waals surface area contributed by atoms with E-state index in [1.54, 1.807) is 12.0 Å². The largest absolute Gasteiger partial charge is 0.381 e. The first-order valence-corrected chi connectivity index (χ1v) is 7.11. The second-order valence-corrected chi connectivity index (χ2v) is 5.12. The molecule has 1 heterocycles. The Morgan fingerprint density at radius 3 is 2.26 bits per heavy atom. The zero-order valence-corrected chi connectivity index (χ0v) is 12.2. The maximum absolute atomic E-state index is 11.2. The number of nitrogens with zero attached hydrogens (tertiary/aromatic N) is 2. The van der Waals surface area contributed by atoms with E-state index in [1.807, 2.05) is 0 Å². The van der Waals surface area contributed by atoms with E-state index in [2.05, 4.69) is 17.3 Å². The maximum Gasteiger partial charge on any atom is 0.318 e. The van der Waals surface area contributed by atoms with Gasteiger partial charge in [-0.15, -0.1) is 0 Å². The molecule has 1 saturated heterocycles. The van der Waals surface area contributed by atoms with E-state index in [0.29, 0.717) is 6.10 Å². The molecule has 1 aliphatic heterocycles. The van der Waals surface area contributed by atoms with Gasteiger partial charge in [-0.05, 0) is 19.9 Å². The van der Waals surface area contributed by atoms with Crippen LogP contribution in [0.4, 0.5) is 4.79 Å². The van der Waals surface area contributed by atoms with Crippen molar-refractivity contribution in [2.75, 3.05) is 47.0 Å². The minimum atomic E-state index is -0.0504. The van der Waals surface area contributed by atoms with Crippen LogP contribution in [0.1, 0.15) is 25.7 Å². The number of hydrogen-bond donors (Lipinski definition) is 2. The molecule has 1 aliphatic carbocycles. The van der Waals surface area contributed by atoms with Crippen molar-refractivity contribution in [1.29, 1.82) is 0 Å². The molecule has 2 amide bonds. The van der Waals surface area contributed by atoms with Crippen molar-refractivity contribution in [3.63, 3.8) is 0 Å².